The van der Waals surface area contributed by atoms with Crippen molar-refractivity contribution in [2.75, 3.05) is 31.1 Å². The highest BCUT2D eigenvalue weighted by Crippen LogP contribution is 2.19. The predicted molar refractivity (Wildman–Crippen MR) is 94.0 cm³/mol. The second-order valence-corrected chi connectivity index (χ2v) is 6.57. The van der Waals surface area contributed by atoms with Crippen molar-refractivity contribution in [1.29, 1.82) is 0 Å². The molecule has 0 atom stereocenters. The quantitative estimate of drug-likeness (QED) is 0.690. The molecule has 1 fully saturated rings. The van der Waals surface area contributed by atoms with E-state index in [1.807, 2.05) is 31.7 Å². The van der Waals surface area contributed by atoms with E-state index in [4.69, 9.17) is 4.52 Å². The maximum atomic E-state index is 12.6. The SMILES string of the molecule is Cc1cc(N2CCN(C(=O)Cc3c(C)noc3C)CC2)n2ncnc2n1. The van der Waals surface area contributed by atoms with Gasteiger partial charge in [-0.1, -0.05) is 5.16 Å². The van der Waals surface area contributed by atoms with Crippen molar-refractivity contribution in [1.82, 2.24) is 29.6 Å². The van der Waals surface area contributed by atoms with Crippen LogP contribution in [0.1, 0.15) is 22.7 Å². The average Bonchev–Trinajstić information content (AvgIpc) is 3.22. The first kappa shape index (κ1) is 16.5. The Kier molecular flexibility index (Phi) is 4.06. The molecule has 1 amide bonds. The maximum Gasteiger partial charge on any atom is 0.254 e. The minimum atomic E-state index is 0.107. The topological polar surface area (TPSA) is 92.7 Å². The zero-order valence-corrected chi connectivity index (χ0v) is 15.1. The summed E-state index contributed by atoms with van der Waals surface area (Å²) in [5.41, 5.74) is 2.58. The van der Waals surface area contributed by atoms with Gasteiger partial charge in [-0.2, -0.15) is 14.6 Å². The molecule has 0 spiro atoms. The van der Waals surface area contributed by atoms with Crippen LogP contribution in [-0.2, 0) is 11.2 Å². The fourth-order valence-corrected chi connectivity index (χ4v) is 3.34. The number of fused-ring (bicyclic) bond motifs is 1. The van der Waals surface area contributed by atoms with Crippen molar-refractivity contribution in [2.24, 2.45) is 0 Å². The third-order valence-corrected chi connectivity index (χ3v) is 4.83. The summed E-state index contributed by atoms with van der Waals surface area (Å²) in [7, 11) is 0. The highest BCUT2D eigenvalue weighted by atomic mass is 16.5. The molecular formula is C17H21N7O2. The smallest absolute Gasteiger partial charge is 0.254 e. The van der Waals surface area contributed by atoms with Gasteiger partial charge in [0.1, 0.15) is 17.9 Å². The molecule has 0 aliphatic carbocycles. The molecular weight excluding hydrogens is 334 g/mol. The highest BCUT2D eigenvalue weighted by Gasteiger charge is 2.25. The standard InChI is InChI=1S/C17H21N7O2/c1-11-8-15(24-17(20-11)18-10-19-24)22-4-6-23(7-5-22)16(25)9-14-12(2)21-26-13(14)3/h8,10H,4-7,9H2,1-3H3. The zero-order valence-electron chi connectivity index (χ0n) is 15.1. The van der Waals surface area contributed by atoms with E-state index >= 15 is 0 Å². The summed E-state index contributed by atoms with van der Waals surface area (Å²) >= 11 is 0. The number of anilines is 1. The van der Waals surface area contributed by atoms with Crippen LogP contribution in [0.15, 0.2) is 16.9 Å². The summed E-state index contributed by atoms with van der Waals surface area (Å²) < 4.78 is 6.90. The van der Waals surface area contributed by atoms with Crippen molar-refractivity contribution in [2.45, 2.75) is 27.2 Å². The Labute approximate surface area is 150 Å². The highest BCUT2D eigenvalue weighted by molar-refractivity contribution is 5.79. The normalized spacial score (nSPS) is 15.0. The summed E-state index contributed by atoms with van der Waals surface area (Å²) in [6.45, 7) is 8.47. The lowest BCUT2D eigenvalue weighted by atomic mass is 10.1. The van der Waals surface area contributed by atoms with E-state index in [1.165, 1.54) is 6.33 Å². The monoisotopic (exact) mass is 355 g/mol. The second-order valence-electron chi connectivity index (χ2n) is 6.57. The Bertz CT molecular complexity index is 934. The Morgan fingerprint density at radius 1 is 1.19 bits per heavy atom. The minimum Gasteiger partial charge on any atom is -0.361 e. The van der Waals surface area contributed by atoms with Gasteiger partial charge in [-0.15, -0.1) is 0 Å². The zero-order chi connectivity index (χ0) is 18.3. The molecule has 4 heterocycles. The molecule has 9 nitrogen and oxygen atoms in total. The van der Waals surface area contributed by atoms with Gasteiger partial charge in [-0.25, -0.2) is 4.98 Å². The third kappa shape index (κ3) is 2.89. The predicted octanol–water partition coefficient (Wildman–Crippen LogP) is 0.929. The van der Waals surface area contributed by atoms with E-state index in [0.29, 0.717) is 25.3 Å². The van der Waals surface area contributed by atoms with E-state index in [0.717, 1.165) is 41.6 Å². The molecule has 0 N–H and O–H groups in total. The van der Waals surface area contributed by atoms with E-state index in [2.05, 4.69) is 25.1 Å². The van der Waals surface area contributed by atoms with Crippen LogP contribution < -0.4 is 4.90 Å². The Morgan fingerprint density at radius 3 is 2.65 bits per heavy atom. The number of carbonyl (C=O) groups is 1. The van der Waals surface area contributed by atoms with E-state index < -0.39 is 0 Å². The Hall–Kier alpha value is -2.97. The number of nitrogens with zero attached hydrogens (tertiary/aromatic N) is 7. The second kappa shape index (κ2) is 6.40. The number of rotatable bonds is 3. The molecule has 1 aliphatic heterocycles. The van der Waals surface area contributed by atoms with Crippen LogP contribution in [0.4, 0.5) is 5.82 Å². The van der Waals surface area contributed by atoms with E-state index in [1.54, 1.807) is 4.52 Å². The molecule has 0 saturated carbocycles. The van der Waals surface area contributed by atoms with Gasteiger partial charge in [-0.3, -0.25) is 4.79 Å². The number of piperazine rings is 1. The van der Waals surface area contributed by atoms with Gasteiger partial charge in [0.15, 0.2) is 0 Å². The summed E-state index contributed by atoms with van der Waals surface area (Å²) in [6, 6.07) is 2.00. The van der Waals surface area contributed by atoms with Crippen LogP contribution in [-0.4, -0.2) is 61.7 Å². The molecule has 1 saturated heterocycles. The van der Waals surface area contributed by atoms with Gasteiger partial charge in [-0.05, 0) is 20.8 Å². The van der Waals surface area contributed by atoms with Gasteiger partial charge < -0.3 is 14.3 Å². The van der Waals surface area contributed by atoms with Crippen LogP contribution in [0.5, 0.6) is 0 Å². The summed E-state index contributed by atoms with van der Waals surface area (Å²) in [6.07, 6.45) is 1.84. The van der Waals surface area contributed by atoms with Crippen LogP contribution >= 0.6 is 0 Å². The third-order valence-electron chi connectivity index (χ3n) is 4.83. The minimum absolute atomic E-state index is 0.107. The van der Waals surface area contributed by atoms with Gasteiger partial charge in [0.05, 0.1) is 12.1 Å². The van der Waals surface area contributed by atoms with Gasteiger partial charge in [0.25, 0.3) is 5.78 Å². The number of carbonyl (C=O) groups excluding carboxylic acids is 1. The fraction of sp³-hybridized carbons (Fsp3) is 0.471. The number of hydrogen-bond acceptors (Lipinski definition) is 7. The average molecular weight is 355 g/mol. The maximum absolute atomic E-state index is 12.6. The molecule has 9 heteroatoms. The van der Waals surface area contributed by atoms with Crippen molar-refractivity contribution in [3.8, 4) is 0 Å². The molecule has 0 unspecified atom stereocenters. The first-order valence-corrected chi connectivity index (χ1v) is 8.65. The van der Waals surface area contributed by atoms with Crippen LogP contribution in [0.2, 0.25) is 0 Å². The molecule has 3 aromatic heterocycles. The number of amides is 1. The first-order chi connectivity index (χ1) is 12.5. The Balaban J connectivity index is 1.45. The van der Waals surface area contributed by atoms with Gasteiger partial charge in [0.2, 0.25) is 5.91 Å². The number of aryl methyl sites for hydroxylation is 3. The largest absolute Gasteiger partial charge is 0.361 e. The Morgan fingerprint density at radius 2 is 1.96 bits per heavy atom. The van der Waals surface area contributed by atoms with Crippen LogP contribution in [0, 0.1) is 20.8 Å². The first-order valence-electron chi connectivity index (χ1n) is 8.65. The van der Waals surface area contributed by atoms with Crippen molar-refractivity contribution in [3.63, 3.8) is 0 Å². The molecule has 1 aliphatic rings. The molecule has 3 aromatic rings. The molecule has 0 radical (unpaired) electrons. The lowest BCUT2D eigenvalue weighted by Crippen LogP contribution is -2.49. The number of aromatic nitrogens is 5. The van der Waals surface area contributed by atoms with Crippen molar-refractivity contribution < 1.29 is 9.32 Å². The van der Waals surface area contributed by atoms with Crippen molar-refractivity contribution in [3.05, 3.63) is 35.1 Å². The van der Waals surface area contributed by atoms with Crippen LogP contribution in [0.3, 0.4) is 0 Å². The summed E-state index contributed by atoms with van der Waals surface area (Å²) in [5, 5.41) is 8.18. The molecule has 4 rings (SSSR count). The number of hydrogen-bond donors (Lipinski definition) is 0. The lowest BCUT2D eigenvalue weighted by molar-refractivity contribution is -0.130. The van der Waals surface area contributed by atoms with Crippen LogP contribution in [0.25, 0.3) is 5.78 Å². The summed E-state index contributed by atoms with van der Waals surface area (Å²) in [5.74, 6) is 2.38. The summed E-state index contributed by atoms with van der Waals surface area (Å²) in [4.78, 5) is 25.3. The molecule has 0 aromatic carbocycles. The molecule has 26 heavy (non-hydrogen) atoms. The van der Waals surface area contributed by atoms with Gasteiger partial charge in [0, 0.05) is 43.5 Å². The fourth-order valence-electron chi connectivity index (χ4n) is 3.34. The lowest BCUT2D eigenvalue weighted by Gasteiger charge is -2.36. The molecule has 0 bridgehead atoms. The van der Waals surface area contributed by atoms with E-state index in [9.17, 15) is 4.79 Å². The van der Waals surface area contributed by atoms with Crippen molar-refractivity contribution >= 4 is 17.5 Å². The van der Waals surface area contributed by atoms with Gasteiger partial charge >= 0.3 is 0 Å². The molecule has 136 valence electrons. The van der Waals surface area contributed by atoms with E-state index in [-0.39, 0.29) is 5.91 Å².